The molecule has 2 aromatic heterocycles. The molecular weight excluding hydrogens is 326 g/mol. The molecule has 0 bridgehead atoms. The number of nitrogens with one attached hydrogen (secondary N) is 1. The standard InChI is InChI=1S/C17H18BrN3/c1-2-16(13-6-8-14(18)9-7-13)19-11-15-12-21-10-4-3-5-17(21)20-15/h3-10,12,16,19H,2,11H2,1H3. The molecule has 0 radical (unpaired) electrons. The van der Waals surface area contributed by atoms with E-state index in [9.17, 15) is 0 Å². The summed E-state index contributed by atoms with van der Waals surface area (Å²) in [6, 6.07) is 14.9. The number of hydrogen-bond acceptors (Lipinski definition) is 2. The number of nitrogens with zero attached hydrogens (tertiary/aromatic N) is 2. The second kappa shape index (κ2) is 6.41. The third kappa shape index (κ3) is 3.34. The van der Waals surface area contributed by atoms with Gasteiger partial charge in [-0.2, -0.15) is 0 Å². The molecule has 0 spiro atoms. The fourth-order valence-corrected chi connectivity index (χ4v) is 2.76. The highest BCUT2D eigenvalue weighted by Crippen LogP contribution is 2.20. The van der Waals surface area contributed by atoms with Crippen molar-refractivity contribution in [3.63, 3.8) is 0 Å². The zero-order valence-electron chi connectivity index (χ0n) is 12.0. The summed E-state index contributed by atoms with van der Waals surface area (Å²) in [6.07, 6.45) is 5.16. The monoisotopic (exact) mass is 343 g/mol. The predicted octanol–water partition coefficient (Wildman–Crippen LogP) is 4.34. The van der Waals surface area contributed by atoms with Gasteiger partial charge < -0.3 is 9.72 Å². The van der Waals surface area contributed by atoms with Crippen LogP contribution in [0.1, 0.15) is 30.6 Å². The molecule has 1 atom stereocenters. The van der Waals surface area contributed by atoms with Crippen molar-refractivity contribution in [2.45, 2.75) is 25.9 Å². The maximum Gasteiger partial charge on any atom is 0.137 e. The number of benzene rings is 1. The van der Waals surface area contributed by atoms with E-state index in [2.05, 4.69) is 68.0 Å². The molecule has 4 heteroatoms. The first kappa shape index (κ1) is 14.3. The van der Waals surface area contributed by atoms with Gasteiger partial charge in [0.25, 0.3) is 0 Å². The fourth-order valence-electron chi connectivity index (χ4n) is 2.49. The van der Waals surface area contributed by atoms with Crippen LogP contribution in [0.25, 0.3) is 5.65 Å². The van der Waals surface area contributed by atoms with Crippen molar-refractivity contribution >= 4 is 21.6 Å². The molecule has 3 rings (SSSR count). The molecule has 0 saturated heterocycles. The lowest BCUT2D eigenvalue weighted by atomic mass is 10.0. The van der Waals surface area contributed by atoms with Crippen LogP contribution in [-0.2, 0) is 6.54 Å². The number of hydrogen-bond donors (Lipinski definition) is 1. The van der Waals surface area contributed by atoms with Crippen molar-refractivity contribution in [1.29, 1.82) is 0 Å². The Bertz CT molecular complexity index is 685. The van der Waals surface area contributed by atoms with Crippen molar-refractivity contribution in [1.82, 2.24) is 14.7 Å². The number of aromatic nitrogens is 2. The van der Waals surface area contributed by atoms with Gasteiger partial charge in [0, 0.05) is 29.5 Å². The summed E-state index contributed by atoms with van der Waals surface area (Å²) in [5.74, 6) is 0. The van der Waals surface area contributed by atoms with E-state index in [1.165, 1.54) is 5.56 Å². The third-order valence-corrected chi connectivity index (χ3v) is 4.15. The summed E-state index contributed by atoms with van der Waals surface area (Å²) in [7, 11) is 0. The second-order valence-electron chi connectivity index (χ2n) is 5.09. The maximum absolute atomic E-state index is 4.62. The summed E-state index contributed by atoms with van der Waals surface area (Å²) >= 11 is 3.48. The van der Waals surface area contributed by atoms with Crippen LogP contribution in [0.2, 0.25) is 0 Å². The zero-order chi connectivity index (χ0) is 14.7. The van der Waals surface area contributed by atoms with Crippen LogP contribution in [0.3, 0.4) is 0 Å². The summed E-state index contributed by atoms with van der Waals surface area (Å²) < 4.78 is 3.17. The minimum Gasteiger partial charge on any atom is -0.307 e. The largest absolute Gasteiger partial charge is 0.307 e. The van der Waals surface area contributed by atoms with Crippen molar-refractivity contribution in [2.75, 3.05) is 0 Å². The Morgan fingerprint density at radius 1 is 1.19 bits per heavy atom. The highest BCUT2D eigenvalue weighted by molar-refractivity contribution is 9.10. The lowest BCUT2D eigenvalue weighted by Crippen LogP contribution is -2.20. The van der Waals surface area contributed by atoms with Gasteiger partial charge in [-0.3, -0.25) is 0 Å². The lowest BCUT2D eigenvalue weighted by molar-refractivity contribution is 0.515. The molecule has 0 aliphatic carbocycles. The summed E-state index contributed by atoms with van der Waals surface area (Å²) in [6.45, 7) is 2.97. The van der Waals surface area contributed by atoms with E-state index < -0.39 is 0 Å². The van der Waals surface area contributed by atoms with Crippen molar-refractivity contribution in [3.8, 4) is 0 Å². The van der Waals surface area contributed by atoms with Crippen LogP contribution in [0, 0.1) is 0 Å². The molecule has 2 heterocycles. The van der Waals surface area contributed by atoms with E-state index in [0.717, 1.165) is 28.8 Å². The third-order valence-electron chi connectivity index (χ3n) is 3.62. The molecule has 1 aromatic carbocycles. The Morgan fingerprint density at radius 2 is 2.00 bits per heavy atom. The minimum atomic E-state index is 0.350. The minimum absolute atomic E-state index is 0.350. The Hall–Kier alpha value is -1.65. The number of rotatable bonds is 5. The van der Waals surface area contributed by atoms with Gasteiger partial charge in [0.05, 0.1) is 5.69 Å². The highest BCUT2D eigenvalue weighted by atomic mass is 79.9. The smallest absolute Gasteiger partial charge is 0.137 e. The van der Waals surface area contributed by atoms with Gasteiger partial charge >= 0.3 is 0 Å². The van der Waals surface area contributed by atoms with Crippen LogP contribution in [0.5, 0.6) is 0 Å². The zero-order valence-corrected chi connectivity index (χ0v) is 13.5. The number of imidazole rings is 1. The molecule has 0 saturated carbocycles. The normalized spacial score (nSPS) is 12.7. The van der Waals surface area contributed by atoms with E-state index in [-0.39, 0.29) is 0 Å². The number of fused-ring (bicyclic) bond motifs is 1. The molecule has 1 N–H and O–H groups in total. The highest BCUT2D eigenvalue weighted by Gasteiger charge is 2.09. The number of halogens is 1. The first-order valence-electron chi connectivity index (χ1n) is 7.17. The molecule has 108 valence electrons. The van der Waals surface area contributed by atoms with Gasteiger partial charge in [-0.25, -0.2) is 4.98 Å². The quantitative estimate of drug-likeness (QED) is 0.746. The molecular formula is C17H18BrN3. The van der Waals surface area contributed by atoms with Gasteiger partial charge in [0.1, 0.15) is 5.65 Å². The van der Waals surface area contributed by atoms with Crippen LogP contribution < -0.4 is 5.32 Å². The van der Waals surface area contributed by atoms with E-state index >= 15 is 0 Å². The van der Waals surface area contributed by atoms with Gasteiger partial charge in [-0.05, 0) is 36.2 Å². The lowest BCUT2D eigenvalue weighted by Gasteiger charge is -2.16. The average molecular weight is 344 g/mol. The van der Waals surface area contributed by atoms with Crippen LogP contribution in [0.4, 0.5) is 0 Å². The van der Waals surface area contributed by atoms with Gasteiger partial charge in [-0.1, -0.05) is 41.1 Å². The molecule has 21 heavy (non-hydrogen) atoms. The molecule has 0 aliphatic heterocycles. The molecule has 3 aromatic rings. The van der Waals surface area contributed by atoms with Gasteiger partial charge in [0.15, 0.2) is 0 Å². The van der Waals surface area contributed by atoms with E-state index in [1.807, 2.05) is 24.4 Å². The molecule has 1 unspecified atom stereocenters. The van der Waals surface area contributed by atoms with Crippen LogP contribution in [0.15, 0.2) is 59.3 Å². The maximum atomic E-state index is 4.62. The molecule has 0 aliphatic rings. The molecule has 0 fully saturated rings. The topological polar surface area (TPSA) is 29.3 Å². The van der Waals surface area contributed by atoms with Crippen molar-refractivity contribution in [3.05, 3.63) is 70.6 Å². The van der Waals surface area contributed by atoms with Crippen LogP contribution >= 0.6 is 15.9 Å². The Labute approximate surface area is 133 Å². The Morgan fingerprint density at radius 3 is 2.71 bits per heavy atom. The second-order valence-corrected chi connectivity index (χ2v) is 6.01. The summed E-state index contributed by atoms with van der Waals surface area (Å²) in [4.78, 5) is 4.62. The molecule has 3 nitrogen and oxygen atoms in total. The van der Waals surface area contributed by atoms with E-state index in [0.29, 0.717) is 6.04 Å². The SMILES string of the molecule is CCC(NCc1cn2ccccc2n1)c1ccc(Br)cc1. The first-order valence-corrected chi connectivity index (χ1v) is 7.97. The predicted molar refractivity (Wildman–Crippen MR) is 89.2 cm³/mol. The van der Waals surface area contributed by atoms with Gasteiger partial charge in [0.2, 0.25) is 0 Å². The van der Waals surface area contributed by atoms with E-state index in [1.54, 1.807) is 0 Å². The fraction of sp³-hybridized carbons (Fsp3) is 0.235. The van der Waals surface area contributed by atoms with Crippen molar-refractivity contribution in [2.24, 2.45) is 0 Å². The van der Waals surface area contributed by atoms with Crippen molar-refractivity contribution < 1.29 is 0 Å². The van der Waals surface area contributed by atoms with Gasteiger partial charge in [-0.15, -0.1) is 0 Å². The Balaban J connectivity index is 1.71. The summed E-state index contributed by atoms with van der Waals surface area (Å²) in [5, 5.41) is 3.59. The Kier molecular flexibility index (Phi) is 4.36. The number of pyridine rings is 1. The summed E-state index contributed by atoms with van der Waals surface area (Å²) in [5.41, 5.74) is 3.37. The van der Waals surface area contributed by atoms with Crippen LogP contribution in [-0.4, -0.2) is 9.38 Å². The first-order chi connectivity index (χ1) is 10.3. The van der Waals surface area contributed by atoms with E-state index in [4.69, 9.17) is 0 Å². The molecule has 0 amide bonds. The average Bonchev–Trinajstić information content (AvgIpc) is 2.92.